The zero-order chi connectivity index (χ0) is 18.5. The molecule has 1 amide bonds. The molecule has 0 radical (unpaired) electrons. The summed E-state index contributed by atoms with van der Waals surface area (Å²) in [6.45, 7) is 3.06. The monoisotopic (exact) mass is 360 g/mol. The number of nitrogens with one attached hydrogen (secondary N) is 1. The maximum absolute atomic E-state index is 12.1. The van der Waals surface area contributed by atoms with Gasteiger partial charge in [0.05, 0.1) is 0 Å². The number of carbonyl (C=O) groups excluding carboxylic acids is 1. The van der Waals surface area contributed by atoms with E-state index in [0.29, 0.717) is 0 Å². The zero-order valence-electron chi connectivity index (χ0n) is 15.3. The summed E-state index contributed by atoms with van der Waals surface area (Å²) in [5.41, 5.74) is 2.30. The molecule has 1 heterocycles. The molecule has 0 aromatic heterocycles. The van der Waals surface area contributed by atoms with Gasteiger partial charge in [0.25, 0.3) is 0 Å². The Bertz CT molecular complexity index is 910. The third-order valence-corrected chi connectivity index (χ3v) is 5.03. The molecular formula is C23H24N2O2. The van der Waals surface area contributed by atoms with E-state index < -0.39 is 0 Å². The van der Waals surface area contributed by atoms with E-state index >= 15 is 0 Å². The fourth-order valence-electron chi connectivity index (χ4n) is 3.62. The van der Waals surface area contributed by atoms with Gasteiger partial charge in [0.15, 0.2) is 0 Å². The highest BCUT2D eigenvalue weighted by Crippen LogP contribution is 2.17. The van der Waals surface area contributed by atoms with E-state index in [-0.39, 0.29) is 18.7 Å². The molecule has 0 bridgehead atoms. The van der Waals surface area contributed by atoms with Crippen LogP contribution < -0.4 is 5.32 Å². The molecule has 1 fully saturated rings. The topological polar surface area (TPSA) is 41.6 Å². The van der Waals surface area contributed by atoms with Crippen molar-refractivity contribution in [3.05, 3.63) is 83.9 Å². The highest BCUT2D eigenvalue weighted by molar-refractivity contribution is 5.83. The van der Waals surface area contributed by atoms with Crippen LogP contribution in [0.15, 0.2) is 72.8 Å². The first-order valence-electron chi connectivity index (χ1n) is 9.43. The van der Waals surface area contributed by atoms with Crippen molar-refractivity contribution in [3.8, 4) is 0 Å². The Morgan fingerprint density at radius 2 is 1.74 bits per heavy atom. The van der Waals surface area contributed by atoms with Gasteiger partial charge in [-0.2, -0.15) is 0 Å². The van der Waals surface area contributed by atoms with Crippen LogP contribution in [0.5, 0.6) is 0 Å². The summed E-state index contributed by atoms with van der Waals surface area (Å²) >= 11 is 0. The van der Waals surface area contributed by atoms with Crippen LogP contribution in [0.4, 0.5) is 4.79 Å². The smallest absolute Gasteiger partial charge is 0.407 e. The summed E-state index contributed by atoms with van der Waals surface area (Å²) in [5.74, 6) is 0. The molecule has 4 heteroatoms. The van der Waals surface area contributed by atoms with Crippen LogP contribution in [0.1, 0.15) is 17.5 Å². The summed E-state index contributed by atoms with van der Waals surface area (Å²) in [6, 6.07) is 24.9. The molecule has 1 unspecified atom stereocenters. The highest BCUT2D eigenvalue weighted by Gasteiger charge is 2.24. The summed E-state index contributed by atoms with van der Waals surface area (Å²) in [4.78, 5) is 14.5. The first-order valence-corrected chi connectivity index (χ1v) is 9.43. The highest BCUT2D eigenvalue weighted by atomic mass is 16.5. The Morgan fingerprint density at radius 3 is 2.59 bits per heavy atom. The van der Waals surface area contributed by atoms with Gasteiger partial charge in [-0.25, -0.2) is 4.79 Å². The molecule has 1 aliphatic heterocycles. The van der Waals surface area contributed by atoms with E-state index in [4.69, 9.17) is 4.74 Å². The normalized spacial score (nSPS) is 17.1. The molecule has 4 nitrogen and oxygen atoms in total. The van der Waals surface area contributed by atoms with E-state index in [0.717, 1.165) is 37.0 Å². The number of hydrogen-bond acceptors (Lipinski definition) is 3. The van der Waals surface area contributed by atoms with Gasteiger partial charge < -0.3 is 10.1 Å². The van der Waals surface area contributed by atoms with E-state index in [9.17, 15) is 4.79 Å². The van der Waals surface area contributed by atoms with E-state index in [1.165, 1.54) is 10.9 Å². The molecule has 0 aliphatic carbocycles. The lowest BCUT2D eigenvalue weighted by Crippen LogP contribution is -2.37. The van der Waals surface area contributed by atoms with Crippen molar-refractivity contribution in [1.82, 2.24) is 10.2 Å². The van der Waals surface area contributed by atoms with Gasteiger partial charge in [-0.05, 0) is 34.4 Å². The van der Waals surface area contributed by atoms with Crippen molar-refractivity contribution in [1.29, 1.82) is 0 Å². The average molecular weight is 360 g/mol. The van der Waals surface area contributed by atoms with Gasteiger partial charge >= 0.3 is 6.09 Å². The lowest BCUT2D eigenvalue weighted by atomic mass is 10.1. The Balaban J connectivity index is 1.24. The van der Waals surface area contributed by atoms with Crippen LogP contribution >= 0.6 is 0 Å². The van der Waals surface area contributed by atoms with E-state index in [1.807, 2.05) is 24.3 Å². The number of amides is 1. The first kappa shape index (κ1) is 17.6. The maximum atomic E-state index is 12.1. The number of benzene rings is 3. The molecule has 138 valence electrons. The first-order chi connectivity index (χ1) is 13.3. The average Bonchev–Trinajstić information content (AvgIpc) is 3.13. The molecule has 27 heavy (non-hydrogen) atoms. The molecule has 3 aromatic rings. The minimum Gasteiger partial charge on any atom is -0.445 e. The maximum Gasteiger partial charge on any atom is 0.407 e. The molecule has 1 N–H and O–H groups in total. The van der Waals surface area contributed by atoms with Crippen molar-refractivity contribution >= 4 is 16.9 Å². The second-order valence-electron chi connectivity index (χ2n) is 7.11. The largest absolute Gasteiger partial charge is 0.445 e. The SMILES string of the molecule is O=C(NC1CCN(Cc2ccccc2)C1)OCc1ccc2ccccc2c1. The lowest BCUT2D eigenvalue weighted by Gasteiger charge is -2.16. The molecule has 3 aromatic carbocycles. The number of nitrogens with zero attached hydrogens (tertiary/aromatic N) is 1. The summed E-state index contributed by atoms with van der Waals surface area (Å²) in [5, 5.41) is 5.35. The number of ether oxygens (including phenoxy) is 1. The summed E-state index contributed by atoms with van der Waals surface area (Å²) in [6.07, 6.45) is 0.618. The lowest BCUT2D eigenvalue weighted by molar-refractivity contribution is 0.135. The van der Waals surface area contributed by atoms with Gasteiger partial charge in [0, 0.05) is 25.7 Å². The predicted octanol–water partition coefficient (Wildman–Crippen LogP) is 4.34. The number of hydrogen-bond donors (Lipinski definition) is 1. The van der Waals surface area contributed by atoms with E-state index in [1.54, 1.807) is 0 Å². The molecule has 4 rings (SSSR count). The van der Waals surface area contributed by atoms with Crippen LogP contribution in [-0.2, 0) is 17.9 Å². The Hall–Kier alpha value is -2.85. The molecule has 1 aliphatic rings. The molecule has 0 saturated carbocycles. The predicted molar refractivity (Wildman–Crippen MR) is 107 cm³/mol. The van der Waals surface area contributed by atoms with Crippen LogP contribution in [0.25, 0.3) is 10.8 Å². The number of alkyl carbamates (subject to hydrolysis) is 1. The molecule has 0 spiro atoms. The van der Waals surface area contributed by atoms with Crippen LogP contribution in [-0.4, -0.2) is 30.1 Å². The third-order valence-electron chi connectivity index (χ3n) is 5.03. The minimum absolute atomic E-state index is 0.151. The fraction of sp³-hybridized carbons (Fsp3) is 0.261. The molecule has 1 atom stereocenters. The second kappa shape index (κ2) is 8.23. The minimum atomic E-state index is -0.338. The van der Waals surface area contributed by atoms with Crippen molar-refractivity contribution in [3.63, 3.8) is 0 Å². The van der Waals surface area contributed by atoms with Gasteiger partial charge in [0.1, 0.15) is 6.61 Å². The Morgan fingerprint density at radius 1 is 0.963 bits per heavy atom. The Kier molecular flexibility index (Phi) is 5.35. The standard InChI is InChI=1S/C23H24N2O2/c26-23(27-17-19-10-11-20-8-4-5-9-21(20)14-19)24-22-12-13-25(16-22)15-18-6-2-1-3-7-18/h1-11,14,22H,12-13,15-17H2,(H,24,26). The number of fused-ring (bicyclic) bond motifs is 1. The van der Waals surface area contributed by atoms with Crippen molar-refractivity contribution in [2.45, 2.75) is 25.6 Å². The van der Waals surface area contributed by atoms with Crippen LogP contribution in [0, 0.1) is 0 Å². The molecular weight excluding hydrogens is 336 g/mol. The summed E-state index contributed by atoms with van der Waals surface area (Å²) in [7, 11) is 0. The van der Waals surface area contributed by atoms with E-state index in [2.05, 4.69) is 58.7 Å². The van der Waals surface area contributed by atoms with Gasteiger partial charge in [-0.3, -0.25) is 4.90 Å². The van der Waals surface area contributed by atoms with Crippen LogP contribution in [0.2, 0.25) is 0 Å². The van der Waals surface area contributed by atoms with Gasteiger partial charge in [0.2, 0.25) is 0 Å². The quantitative estimate of drug-likeness (QED) is 0.736. The zero-order valence-corrected chi connectivity index (χ0v) is 15.3. The summed E-state index contributed by atoms with van der Waals surface area (Å²) < 4.78 is 5.42. The number of carbonyl (C=O) groups is 1. The number of rotatable bonds is 5. The van der Waals surface area contributed by atoms with Crippen molar-refractivity contribution < 1.29 is 9.53 Å². The van der Waals surface area contributed by atoms with Crippen molar-refractivity contribution in [2.75, 3.05) is 13.1 Å². The molecule has 1 saturated heterocycles. The van der Waals surface area contributed by atoms with Gasteiger partial charge in [-0.15, -0.1) is 0 Å². The second-order valence-corrected chi connectivity index (χ2v) is 7.11. The fourth-order valence-corrected chi connectivity index (χ4v) is 3.62. The van der Waals surface area contributed by atoms with Crippen molar-refractivity contribution in [2.24, 2.45) is 0 Å². The third kappa shape index (κ3) is 4.66. The van der Waals surface area contributed by atoms with Gasteiger partial charge in [-0.1, -0.05) is 66.7 Å². The number of likely N-dealkylation sites (tertiary alicyclic amines) is 1. The Labute approximate surface area is 159 Å². The van der Waals surface area contributed by atoms with Crippen LogP contribution in [0.3, 0.4) is 0 Å².